The molecule has 2 aromatic carbocycles. The van der Waals surface area contributed by atoms with Crippen LogP contribution in [0.5, 0.6) is 5.75 Å². The molecule has 11 nitrogen and oxygen atoms in total. The molecule has 0 radical (unpaired) electrons. The second-order valence-corrected chi connectivity index (χ2v) is 14.0. The van der Waals surface area contributed by atoms with Gasteiger partial charge >= 0.3 is 6.09 Å². The van der Waals surface area contributed by atoms with Crippen molar-refractivity contribution in [3.63, 3.8) is 0 Å². The third-order valence-electron chi connectivity index (χ3n) is 8.93. The minimum atomic E-state index is -1.66. The van der Waals surface area contributed by atoms with Crippen LogP contribution < -0.4 is 15.4 Å². The van der Waals surface area contributed by atoms with E-state index in [9.17, 15) is 19.5 Å². The van der Waals surface area contributed by atoms with E-state index in [1.54, 1.807) is 25.3 Å². The molecule has 0 saturated carbocycles. The summed E-state index contributed by atoms with van der Waals surface area (Å²) in [6, 6.07) is 11.3. The molecule has 0 spiro atoms. The molecule has 5 rings (SSSR count). The van der Waals surface area contributed by atoms with Gasteiger partial charge in [0.1, 0.15) is 17.9 Å². The van der Waals surface area contributed by atoms with Crippen molar-refractivity contribution in [1.82, 2.24) is 15.5 Å². The number of fused-ring (bicyclic) bond motifs is 1. The van der Waals surface area contributed by atoms with Crippen LogP contribution in [-0.2, 0) is 36.8 Å². The third-order valence-corrected chi connectivity index (χ3v) is 10.3. The average Bonchev–Trinajstić information content (AvgIpc) is 3.71. The van der Waals surface area contributed by atoms with E-state index in [2.05, 4.69) is 10.6 Å². The summed E-state index contributed by atoms with van der Waals surface area (Å²) >= 11 is 1.46. The standard InChI is InChI=1S/C33H43N3O8S/c1-19-8-6-9-20(2)24(19)16-34-29(38)28-33(3,4)45-18-36(28)30(39)27(37)25(15-21-10-7-11-22(14-21)41-5)35-32(40)44-26-17-43-31-23(26)12-13-42-31/h6-11,14,23,25-28,31,37H,12-13,15-18H2,1-5H3,(H,34,38)(H,35,40)/t23-,25+,26-,27+,28-,31+/m1/s1. The van der Waals surface area contributed by atoms with E-state index in [-0.39, 0.29) is 30.7 Å². The fraction of sp³-hybridized carbons (Fsp3) is 0.545. The predicted molar refractivity (Wildman–Crippen MR) is 169 cm³/mol. The molecule has 0 aliphatic carbocycles. The van der Waals surface area contributed by atoms with Crippen molar-refractivity contribution >= 4 is 29.7 Å². The van der Waals surface area contributed by atoms with Crippen LogP contribution in [0.4, 0.5) is 4.79 Å². The number of thioether (sulfide) groups is 1. The molecule has 3 saturated heterocycles. The summed E-state index contributed by atoms with van der Waals surface area (Å²) in [6.45, 7) is 8.88. The number of benzene rings is 2. The van der Waals surface area contributed by atoms with E-state index in [1.807, 2.05) is 52.0 Å². The molecule has 3 heterocycles. The monoisotopic (exact) mass is 641 g/mol. The number of nitrogens with zero attached hydrogens (tertiary/aromatic N) is 1. The lowest BCUT2D eigenvalue weighted by atomic mass is 9.97. The van der Waals surface area contributed by atoms with E-state index in [0.29, 0.717) is 25.3 Å². The van der Waals surface area contributed by atoms with Gasteiger partial charge in [0, 0.05) is 11.3 Å². The highest BCUT2D eigenvalue weighted by atomic mass is 32.2. The summed E-state index contributed by atoms with van der Waals surface area (Å²) in [5.74, 6) is -0.209. The minimum Gasteiger partial charge on any atom is -0.497 e. The summed E-state index contributed by atoms with van der Waals surface area (Å²) in [6.07, 6.45) is -2.49. The van der Waals surface area contributed by atoms with E-state index in [4.69, 9.17) is 18.9 Å². The number of alkyl carbamates (subject to hydrolysis) is 1. The van der Waals surface area contributed by atoms with E-state index in [0.717, 1.165) is 22.3 Å². The zero-order chi connectivity index (χ0) is 32.3. The number of rotatable bonds is 10. The second kappa shape index (κ2) is 14.0. The number of methoxy groups -OCH3 is 1. The lowest BCUT2D eigenvalue weighted by Gasteiger charge is -2.33. The fourth-order valence-electron chi connectivity index (χ4n) is 6.32. The van der Waals surface area contributed by atoms with Crippen LogP contribution in [0.15, 0.2) is 42.5 Å². The Bertz CT molecular complexity index is 1380. The Labute approximate surface area is 268 Å². The van der Waals surface area contributed by atoms with Crippen molar-refractivity contribution in [3.05, 3.63) is 64.7 Å². The molecular formula is C33H43N3O8S. The summed E-state index contributed by atoms with van der Waals surface area (Å²) in [7, 11) is 1.55. The number of carbonyl (C=O) groups excluding carboxylic acids is 3. The van der Waals surface area contributed by atoms with Crippen LogP contribution in [0, 0.1) is 19.8 Å². The Hall–Kier alpha value is -3.32. The Balaban J connectivity index is 1.32. The van der Waals surface area contributed by atoms with Gasteiger partial charge in [-0.25, -0.2) is 4.79 Å². The topological polar surface area (TPSA) is 136 Å². The molecule has 3 aliphatic heterocycles. The SMILES string of the molecule is COc1cccc(C[C@H](NC(=O)O[C@@H]2CO[C@@H]3OCC[C@@H]32)[C@H](O)C(=O)N2CSC(C)(C)[C@H]2C(=O)NCc2c(C)cccc2C)c1. The van der Waals surface area contributed by atoms with Crippen molar-refractivity contribution in [3.8, 4) is 5.75 Å². The highest BCUT2D eigenvalue weighted by Gasteiger charge is 2.50. The first kappa shape index (κ1) is 33.1. The number of hydrogen-bond donors (Lipinski definition) is 3. The van der Waals surface area contributed by atoms with Gasteiger partial charge < -0.3 is 39.6 Å². The van der Waals surface area contributed by atoms with Crippen LogP contribution in [0.2, 0.25) is 0 Å². The highest BCUT2D eigenvalue weighted by Crippen LogP contribution is 2.40. The molecule has 244 valence electrons. The van der Waals surface area contributed by atoms with Crippen molar-refractivity contribution in [1.29, 1.82) is 0 Å². The smallest absolute Gasteiger partial charge is 0.407 e. The number of aryl methyl sites for hydroxylation is 2. The Morgan fingerprint density at radius 1 is 1.13 bits per heavy atom. The minimum absolute atomic E-state index is 0.0641. The Kier molecular flexibility index (Phi) is 10.3. The Morgan fingerprint density at radius 3 is 2.60 bits per heavy atom. The van der Waals surface area contributed by atoms with Gasteiger partial charge in [0.05, 0.1) is 38.2 Å². The molecule has 6 atom stereocenters. The van der Waals surface area contributed by atoms with E-state index in [1.165, 1.54) is 16.7 Å². The molecule has 12 heteroatoms. The fourth-order valence-corrected chi connectivity index (χ4v) is 7.46. The van der Waals surface area contributed by atoms with Gasteiger partial charge in [-0.05, 0) is 74.9 Å². The highest BCUT2D eigenvalue weighted by molar-refractivity contribution is 8.00. The van der Waals surface area contributed by atoms with Gasteiger partial charge in [-0.3, -0.25) is 9.59 Å². The molecule has 0 bridgehead atoms. The average molecular weight is 642 g/mol. The third kappa shape index (κ3) is 7.40. The van der Waals surface area contributed by atoms with E-state index < -0.39 is 47.3 Å². The molecule has 3 fully saturated rings. The number of aliphatic hydroxyl groups excluding tert-OH is 1. The first-order valence-corrected chi connectivity index (χ1v) is 16.3. The normalized spacial score (nSPS) is 24.9. The number of carbonyl (C=O) groups is 3. The Morgan fingerprint density at radius 2 is 1.87 bits per heavy atom. The van der Waals surface area contributed by atoms with Crippen molar-refractivity contribution < 1.29 is 38.4 Å². The van der Waals surface area contributed by atoms with Crippen LogP contribution in [0.1, 0.15) is 42.5 Å². The second-order valence-electron chi connectivity index (χ2n) is 12.4. The molecule has 3 aliphatic rings. The van der Waals surface area contributed by atoms with Gasteiger partial charge in [0.15, 0.2) is 12.4 Å². The first-order chi connectivity index (χ1) is 21.5. The van der Waals surface area contributed by atoms with Crippen LogP contribution >= 0.6 is 11.8 Å². The summed E-state index contributed by atoms with van der Waals surface area (Å²) in [5.41, 5.74) is 3.89. The number of amides is 3. The first-order valence-electron chi connectivity index (χ1n) is 15.3. The van der Waals surface area contributed by atoms with Crippen molar-refractivity contribution in [2.75, 3.05) is 26.2 Å². The lowest BCUT2D eigenvalue weighted by molar-refractivity contribution is -0.147. The van der Waals surface area contributed by atoms with Crippen molar-refractivity contribution in [2.45, 2.75) is 82.4 Å². The van der Waals surface area contributed by atoms with Gasteiger partial charge in [-0.15, -0.1) is 11.8 Å². The molecule has 2 aromatic rings. The van der Waals surface area contributed by atoms with Crippen LogP contribution in [-0.4, -0.2) is 89.4 Å². The van der Waals surface area contributed by atoms with Gasteiger partial charge in [0.2, 0.25) is 5.91 Å². The molecule has 0 aromatic heterocycles. The van der Waals surface area contributed by atoms with Crippen molar-refractivity contribution in [2.24, 2.45) is 5.92 Å². The summed E-state index contributed by atoms with van der Waals surface area (Å²) in [4.78, 5) is 42.2. The quantitative estimate of drug-likeness (QED) is 0.358. The zero-order valence-corrected chi connectivity index (χ0v) is 27.2. The maximum atomic E-state index is 14.0. The number of ether oxygens (including phenoxy) is 4. The van der Waals surface area contributed by atoms with E-state index >= 15 is 0 Å². The molecule has 45 heavy (non-hydrogen) atoms. The van der Waals surface area contributed by atoms with Crippen LogP contribution in [0.3, 0.4) is 0 Å². The zero-order valence-electron chi connectivity index (χ0n) is 26.4. The van der Waals surface area contributed by atoms with Gasteiger partial charge in [0.25, 0.3) is 5.91 Å². The molecular weight excluding hydrogens is 598 g/mol. The maximum absolute atomic E-state index is 14.0. The summed E-state index contributed by atoms with van der Waals surface area (Å²) in [5, 5.41) is 17.3. The molecule has 0 unspecified atom stereocenters. The number of aliphatic hydroxyl groups is 1. The molecule has 3 N–H and O–H groups in total. The number of hydrogen-bond acceptors (Lipinski definition) is 9. The van der Waals surface area contributed by atoms with Gasteiger partial charge in [-0.2, -0.15) is 0 Å². The maximum Gasteiger partial charge on any atom is 0.407 e. The largest absolute Gasteiger partial charge is 0.497 e. The summed E-state index contributed by atoms with van der Waals surface area (Å²) < 4.78 is 21.5. The van der Waals surface area contributed by atoms with Gasteiger partial charge in [-0.1, -0.05) is 30.3 Å². The molecule has 3 amide bonds. The lowest BCUT2D eigenvalue weighted by Crippen LogP contribution is -2.58. The van der Waals surface area contributed by atoms with Crippen LogP contribution in [0.25, 0.3) is 0 Å². The predicted octanol–water partition coefficient (Wildman–Crippen LogP) is 3.07. The number of nitrogens with one attached hydrogen (secondary N) is 2.